The molecule has 5 nitrogen and oxygen atoms in total. The van der Waals surface area contributed by atoms with E-state index >= 15 is 0 Å². The van der Waals surface area contributed by atoms with Crippen LogP contribution in [0.25, 0.3) is 11.4 Å². The Bertz CT molecular complexity index is 1080. The molecule has 0 saturated heterocycles. The highest BCUT2D eigenvalue weighted by Crippen LogP contribution is 2.29. The van der Waals surface area contributed by atoms with Gasteiger partial charge in [0, 0.05) is 5.56 Å². The van der Waals surface area contributed by atoms with E-state index < -0.39 is 0 Å². The molecule has 152 valence electrons. The summed E-state index contributed by atoms with van der Waals surface area (Å²) in [6.07, 6.45) is 0. The van der Waals surface area contributed by atoms with Gasteiger partial charge in [-0.3, -0.25) is 4.90 Å². The molecule has 0 amide bonds. The molecule has 3 aromatic carbocycles. The maximum Gasteiger partial charge on any atom is 0.241 e. The SMILES string of the molecule is COc1ccc(-c2noc(CN(C)[C@@H](c3ccccc3)c3ccc(F)cc3)n2)cc1. The standard InChI is InChI=1S/C24H22FN3O2/c1-28(16-22-26-24(27-30-22)19-10-14-21(29-2)15-11-19)23(17-6-4-3-5-7-17)18-8-12-20(25)13-9-18/h3-15,23H,16H2,1-2H3/t23-/m0/s1. The molecule has 0 N–H and O–H groups in total. The minimum absolute atomic E-state index is 0.0804. The average Bonchev–Trinajstić information content (AvgIpc) is 3.24. The summed E-state index contributed by atoms with van der Waals surface area (Å²) in [5.74, 6) is 1.55. The molecule has 0 unspecified atom stereocenters. The summed E-state index contributed by atoms with van der Waals surface area (Å²) in [4.78, 5) is 6.64. The minimum Gasteiger partial charge on any atom is -0.497 e. The molecule has 1 aromatic heterocycles. The highest BCUT2D eigenvalue weighted by atomic mass is 19.1. The van der Waals surface area contributed by atoms with Gasteiger partial charge in [0.25, 0.3) is 0 Å². The molecule has 0 spiro atoms. The highest BCUT2D eigenvalue weighted by molar-refractivity contribution is 5.55. The first-order valence-electron chi connectivity index (χ1n) is 9.61. The van der Waals surface area contributed by atoms with Crippen LogP contribution in [-0.2, 0) is 6.54 Å². The van der Waals surface area contributed by atoms with Crippen molar-refractivity contribution in [3.8, 4) is 17.1 Å². The molecule has 0 aliphatic rings. The van der Waals surface area contributed by atoms with E-state index in [-0.39, 0.29) is 11.9 Å². The predicted molar refractivity (Wildman–Crippen MR) is 112 cm³/mol. The van der Waals surface area contributed by atoms with E-state index in [9.17, 15) is 4.39 Å². The topological polar surface area (TPSA) is 51.4 Å². The van der Waals surface area contributed by atoms with Gasteiger partial charge < -0.3 is 9.26 Å². The van der Waals surface area contributed by atoms with Crippen molar-refractivity contribution in [2.24, 2.45) is 0 Å². The quantitative estimate of drug-likeness (QED) is 0.429. The number of benzene rings is 3. The monoisotopic (exact) mass is 403 g/mol. The molecule has 0 radical (unpaired) electrons. The van der Waals surface area contributed by atoms with Gasteiger partial charge in [0.15, 0.2) is 0 Å². The molecule has 0 aliphatic carbocycles. The average molecular weight is 403 g/mol. The molecular weight excluding hydrogens is 381 g/mol. The Hall–Kier alpha value is -3.51. The molecule has 4 aromatic rings. The molecule has 4 rings (SSSR count). The fourth-order valence-corrected chi connectivity index (χ4v) is 3.46. The minimum atomic E-state index is -0.255. The molecule has 6 heteroatoms. The number of ether oxygens (including phenoxy) is 1. The van der Waals surface area contributed by atoms with Crippen molar-refractivity contribution in [1.29, 1.82) is 0 Å². The van der Waals surface area contributed by atoms with E-state index in [4.69, 9.17) is 9.26 Å². The van der Waals surface area contributed by atoms with Crippen molar-refractivity contribution in [2.45, 2.75) is 12.6 Å². The fraction of sp³-hybridized carbons (Fsp3) is 0.167. The molecule has 1 heterocycles. The summed E-state index contributed by atoms with van der Waals surface area (Å²) in [6.45, 7) is 0.445. The first-order valence-corrected chi connectivity index (χ1v) is 9.61. The van der Waals surface area contributed by atoms with Crippen molar-refractivity contribution < 1.29 is 13.7 Å². The van der Waals surface area contributed by atoms with E-state index in [0.29, 0.717) is 18.3 Å². The second-order valence-electron chi connectivity index (χ2n) is 7.02. The number of rotatable bonds is 7. The zero-order valence-electron chi connectivity index (χ0n) is 16.8. The van der Waals surface area contributed by atoms with Gasteiger partial charge in [0.1, 0.15) is 11.6 Å². The maximum atomic E-state index is 13.5. The molecule has 0 aliphatic heterocycles. The second kappa shape index (κ2) is 8.88. The number of hydrogen-bond donors (Lipinski definition) is 0. The number of hydrogen-bond acceptors (Lipinski definition) is 5. The van der Waals surface area contributed by atoms with Crippen LogP contribution in [0.15, 0.2) is 83.4 Å². The van der Waals surface area contributed by atoms with E-state index in [1.165, 1.54) is 12.1 Å². The Morgan fingerprint density at radius 2 is 1.60 bits per heavy atom. The summed E-state index contributed by atoms with van der Waals surface area (Å²) in [5.41, 5.74) is 2.94. The molecule has 1 atom stereocenters. The van der Waals surface area contributed by atoms with Crippen LogP contribution in [0, 0.1) is 5.82 Å². The Morgan fingerprint density at radius 3 is 2.27 bits per heavy atom. The van der Waals surface area contributed by atoms with Gasteiger partial charge in [-0.15, -0.1) is 0 Å². The lowest BCUT2D eigenvalue weighted by Crippen LogP contribution is -2.25. The summed E-state index contributed by atoms with van der Waals surface area (Å²) >= 11 is 0. The fourth-order valence-electron chi connectivity index (χ4n) is 3.46. The van der Waals surface area contributed by atoms with Crippen LogP contribution in [0.3, 0.4) is 0 Å². The Morgan fingerprint density at radius 1 is 0.933 bits per heavy atom. The highest BCUT2D eigenvalue weighted by Gasteiger charge is 2.22. The molecule has 0 bridgehead atoms. The summed E-state index contributed by atoms with van der Waals surface area (Å²) in [6, 6.07) is 24.1. The lowest BCUT2D eigenvalue weighted by atomic mass is 9.97. The lowest BCUT2D eigenvalue weighted by Gasteiger charge is -2.27. The van der Waals surface area contributed by atoms with E-state index in [2.05, 4.69) is 27.2 Å². The van der Waals surface area contributed by atoms with Gasteiger partial charge in [-0.05, 0) is 54.6 Å². The van der Waals surface area contributed by atoms with Crippen LogP contribution in [0.2, 0.25) is 0 Å². The van der Waals surface area contributed by atoms with Crippen molar-refractivity contribution >= 4 is 0 Å². The van der Waals surface area contributed by atoms with Crippen LogP contribution in [0.1, 0.15) is 23.1 Å². The normalized spacial score (nSPS) is 12.1. The third-order valence-electron chi connectivity index (χ3n) is 4.94. The maximum absolute atomic E-state index is 13.5. The van der Waals surface area contributed by atoms with Gasteiger partial charge in [-0.1, -0.05) is 47.6 Å². The summed E-state index contributed by atoms with van der Waals surface area (Å²) < 4.78 is 24.1. The number of aromatic nitrogens is 2. The van der Waals surface area contributed by atoms with Gasteiger partial charge in [0.2, 0.25) is 11.7 Å². The van der Waals surface area contributed by atoms with Crippen molar-refractivity contribution in [1.82, 2.24) is 15.0 Å². The molecule has 0 fully saturated rings. The Kier molecular flexibility index (Phi) is 5.86. The van der Waals surface area contributed by atoms with Crippen LogP contribution in [-0.4, -0.2) is 29.2 Å². The first-order chi connectivity index (χ1) is 14.6. The molecule has 30 heavy (non-hydrogen) atoms. The first kappa shape index (κ1) is 19.8. The Balaban J connectivity index is 1.57. The van der Waals surface area contributed by atoms with E-state index in [0.717, 1.165) is 22.4 Å². The molecule has 0 saturated carbocycles. The van der Waals surface area contributed by atoms with Crippen LogP contribution in [0.5, 0.6) is 5.75 Å². The van der Waals surface area contributed by atoms with E-state index in [1.807, 2.05) is 49.5 Å². The van der Waals surface area contributed by atoms with Crippen molar-refractivity contribution in [2.75, 3.05) is 14.2 Å². The second-order valence-corrected chi connectivity index (χ2v) is 7.02. The zero-order chi connectivity index (χ0) is 20.9. The lowest BCUT2D eigenvalue weighted by molar-refractivity contribution is 0.229. The van der Waals surface area contributed by atoms with Gasteiger partial charge in [-0.2, -0.15) is 4.98 Å². The third-order valence-corrected chi connectivity index (χ3v) is 4.94. The smallest absolute Gasteiger partial charge is 0.241 e. The summed E-state index contributed by atoms with van der Waals surface area (Å²) in [5, 5.41) is 4.11. The number of methoxy groups -OCH3 is 1. The van der Waals surface area contributed by atoms with Crippen molar-refractivity contribution in [3.63, 3.8) is 0 Å². The largest absolute Gasteiger partial charge is 0.497 e. The van der Waals surface area contributed by atoms with E-state index in [1.54, 1.807) is 19.2 Å². The van der Waals surface area contributed by atoms with Gasteiger partial charge in [-0.25, -0.2) is 4.39 Å². The predicted octanol–water partition coefficient (Wildman–Crippen LogP) is 5.11. The summed E-state index contributed by atoms with van der Waals surface area (Å²) in [7, 11) is 3.61. The van der Waals surface area contributed by atoms with Crippen molar-refractivity contribution in [3.05, 3.63) is 102 Å². The molecular formula is C24H22FN3O2. The van der Waals surface area contributed by atoms with Crippen LogP contribution in [0.4, 0.5) is 4.39 Å². The van der Waals surface area contributed by atoms with Gasteiger partial charge in [0.05, 0.1) is 19.7 Å². The zero-order valence-corrected chi connectivity index (χ0v) is 16.8. The van der Waals surface area contributed by atoms with Crippen LogP contribution >= 0.6 is 0 Å². The van der Waals surface area contributed by atoms with Crippen LogP contribution < -0.4 is 4.74 Å². The van der Waals surface area contributed by atoms with Gasteiger partial charge >= 0.3 is 0 Å². The Labute approximate surface area is 174 Å². The number of nitrogens with zero attached hydrogens (tertiary/aromatic N) is 3. The number of halogens is 1. The third kappa shape index (κ3) is 4.39.